The van der Waals surface area contributed by atoms with Gasteiger partial charge >= 0.3 is 5.97 Å². The van der Waals surface area contributed by atoms with E-state index in [9.17, 15) is 9.90 Å². The van der Waals surface area contributed by atoms with Gasteiger partial charge in [-0.2, -0.15) is 0 Å². The van der Waals surface area contributed by atoms with Gasteiger partial charge < -0.3 is 19.5 Å². The molecular formula is C15H19NO4. The molecule has 5 heteroatoms. The van der Waals surface area contributed by atoms with Crippen molar-refractivity contribution >= 4 is 11.7 Å². The van der Waals surface area contributed by atoms with Crippen molar-refractivity contribution in [2.75, 3.05) is 31.3 Å². The van der Waals surface area contributed by atoms with Crippen molar-refractivity contribution in [1.82, 2.24) is 0 Å². The van der Waals surface area contributed by atoms with Gasteiger partial charge in [0.15, 0.2) is 5.75 Å². The van der Waals surface area contributed by atoms with E-state index in [1.165, 1.54) is 0 Å². The quantitative estimate of drug-likeness (QED) is 0.897. The highest BCUT2D eigenvalue weighted by Crippen LogP contribution is 2.37. The summed E-state index contributed by atoms with van der Waals surface area (Å²) >= 11 is 0. The highest BCUT2D eigenvalue weighted by Gasteiger charge is 2.28. The summed E-state index contributed by atoms with van der Waals surface area (Å²) in [6, 6.07) is 5.74. The number of rotatable bonds is 2. The summed E-state index contributed by atoms with van der Waals surface area (Å²) in [5.74, 6) is -0.427. The summed E-state index contributed by atoms with van der Waals surface area (Å²) in [6.45, 7) is 2.94. The molecule has 0 saturated carbocycles. The van der Waals surface area contributed by atoms with E-state index in [0.717, 1.165) is 44.7 Å². The molecule has 0 aromatic heterocycles. The molecule has 20 heavy (non-hydrogen) atoms. The van der Waals surface area contributed by atoms with Crippen LogP contribution in [-0.2, 0) is 4.74 Å². The molecule has 1 aromatic rings. The van der Waals surface area contributed by atoms with E-state index >= 15 is 0 Å². The second kappa shape index (κ2) is 5.71. The number of fused-ring (bicyclic) bond motifs is 1. The topological polar surface area (TPSA) is 59.0 Å². The van der Waals surface area contributed by atoms with E-state index in [-0.39, 0.29) is 5.56 Å². The SMILES string of the molecule is O=C(O)c1cccc2c1OCCN2C1CCCOCC1. The lowest BCUT2D eigenvalue weighted by molar-refractivity contribution is 0.0691. The first-order chi connectivity index (χ1) is 9.77. The van der Waals surface area contributed by atoms with E-state index < -0.39 is 5.97 Å². The Morgan fingerprint density at radius 3 is 3.00 bits per heavy atom. The second-order valence-electron chi connectivity index (χ2n) is 5.20. The van der Waals surface area contributed by atoms with E-state index in [0.29, 0.717) is 18.4 Å². The molecule has 0 radical (unpaired) electrons. The van der Waals surface area contributed by atoms with Gasteiger partial charge in [-0.05, 0) is 31.4 Å². The number of carboxylic acid groups (broad SMARTS) is 1. The molecule has 1 N–H and O–H groups in total. The normalized spacial score (nSPS) is 22.6. The van der Waals surface area contributed by atoms with Gasteiger partial charge in [0.05, 0.1) is 12.2 Å². The van der Waals surface area contributed by atoms with Crippen LogP contribution in [0.2, 0.25) is 0 Å². The van der Waals surface area contributed by atoms with Gasteiger partial charge in [0.2, 0.25) is 0 Å². The molecule has 5 nitrogen and oxygen atoms in total. The van der Waals surface area contributed by atoms with E-state index in [1.807, 2.05) is 6.07 Å². The number of hydrogen-bond acceptors (Lipinski definition) is 4. The highest BCUT2D eigenvalue weighted by molar-refractivity contribution is 5.93. The summed E-state index contributed by atoms with van der Waals surface area (Å²) in [4.78, 5) is 13.6. The Morgan fingerprint density at radius 1 is 1.25 bits per heavy atom. The molecule has 2 aliphatic rings. The van der Waals surface area contributed by atoms with Crippen LogP contribution in [0, 0.1) is 0 Å². The highest BCUT2D eigenvalue weighted by atomic mass is 16.5. The van der Waals surface area contributed by atoms with Gasteiger partial charge in [-0.3, -0.25) is 0 Å². The smallest absolute Gasteiger partial charge is 0.339 e. The van der Waals surface area contributed by atoms with Gasteiger partial charge in [0.25, 0.3) is 0 Å². The van der Waals surface area contributed by atoms with Crippen molar-refractivity contribution in [1.29, 1.82) is 0 Å². The zero-order valence-electron chi connectivity index (χ0n) is 11.4. The van der Waals surface area contributed by atoms with E-state index in [4.69, 9.17) is 9.47 Å². The molecule has 0 spiro atoms. The van der Waals surface area contributed by atoms with Gasteiger partial charge in [0.1, 0.15) is 12.2 Å². The molecule has 1 fully saturated rings. The Hall–Kier alpha value is -1.75. The van der Waals surface area contributed by atoms with Crippen LogP contribution in [0.3, 0.4) is 0 Å². The van der Waals surface area contributed by atoms with E-state index in [1.54, 1.807) is 12.1 Å². The number of nitrogens with zero attached hydrogens (tertiary/aromatic N) is 1. The van der Waals surface area contributed by atoms with Crippen molar-refractivity contribution in [2.45, 2.75) is 25.3 Å². The van der Waals surface area contributed by atoms with Gasteiger partial charge in [-0.25, -0.2) is 4.79 Å². The van der Waals surface area contributed by atoms with Crippen LogP contribution in [0.15, 0.2) is 18.2 Å². The fourth-order valence-electron chi connectivity index (χ4n) is 3.02. The summed E-state index contributed by atoms with van der Waals surface area (Å²) in [5.41, 5.74) is 1.15. The zero-order valence-corrected chi connectivity index (χ0v) is 11.4. The van der Waals surface area contributed by atoms with Crippen LogP contribution in [0.5, 0.6) is 5.75 Å². The number of benzene rings is 1. The number of para-hydroxylation sites is 1. The Kier molecular flexibility index (Phi) is 3.78. The van der Waals surface area contributed by atoms with Crippen LogP contribution in [0.4, 0.5) is 5.69 Å². The molecule has 108 valence electrons. The monoisotopic (exact) mass is 277 g/mol. The van der Waals surface area contributed by atoms with Crippen LogP contribution in [-0.4, -0.2) is 43.5 Å². The Morgan fingerprint density at radius 2 is 2.15 bits per heavy atom. The molecule has 1 atom stereocenters. The van der Waals surface area contributed by atoms with Crippen LogP contribution in [0.1, 0.15) is 29.6 Å². The minimum atomic E-state index is -0.937. The lowest BCUT2D eigenvalue weighted by atomic mass is 10.0. The van der Waals surface area contributed by atoms with Crippen LogP contribution < -0.4 is 9.64 Å². The number of hydrogen-bond donors (Lipinski definition) is 1. The van der Waals surface area contributed by atoms with Crippen molar-refractivity contribution in [3.8, 4) is 5.75 Å². The minimum absolute atomic E-state index is 0.247. The average molecular weight is 277 g/mol. The number of anilines is 1. The third-order valence-electron chi connectivity index (χ3n) is 3.97. The van der Waals surface area contributed by atoms with Crippen molar-refractivity contribution in [2.24, 2.45) is 0 Å². The Labute approximate surface area is 118 Å². The molecule has 0 amide bonds. The first-order valence-electron chi connectivity index (χ1n) is 7.11. The third kappa shape index (κ3) is 2.45. The van der Waals surface area contributed by atoms with Crippen molar-refractivity contribution in [3.63, 3.8) is 0 Å². The zero-order chi connectivity index (χ0) is 13.9. The molecule has 2 heterocycles. The van der Waals surface area contributed by atoms with Crippen LogP contribution in [0.25, 0.3) is 0 Å². The predicted molar refractivity (Wildman–Crippen MR) is 74.7 cm³/mol. The third-order valence-corrected chi connectivity index (χ3v) is 3.97. The summed E-state index contributed by atoms with van der Waals surface area (Å²) in [7, 11) is 0. The fourth-order valence-corrected chi connectivity index (χ4v) is 3.02. The molecule has 1 unspecified atom stereocenters. The lowest BCUT2D eigenvalue weighted by Gasteiger charge is -2.37. The second-order valence-corrected chi connectivity index (χ2v) is 5.20. The maximum Gasteiger partial charge on any atom is 0.339 e. The minimum Gasteiger partial charge on any atom is -0.489 e. The number of aromatic carboxylic acids is 1. The number of ether oxygens (including phenoxy) is 2. The van der Waals surface area contributed by atoms with Crippen molar-refractivity contribution < 1.29 is 19.4 Å². The molecule has 0 bridgehead atoms. The van der Waals surface area contributed by atoms with Gasteiger partial charge in [-0.15, -0.1) is 0 Å². The fraction of sp³-hybridized carbons (Fsp3) is 0.533. The van der Waals surface area contributed by atoms with Crippen LogP contribution >= 0.6 is 0 Å². The molecule has 2 aliphatic heterocycles. The molecule has 1 aromatic carbocycles. The first-order valence-corrected chi connectivity index (χ1v) is 7.11. The maximum absolute atomic E-state index is 11.3. The first kappa shape index (κ1) is 13.2. The summed E-state index contributed by atoms with van der Waals surface area (Å²) in [5, 5.41) is 9.26. The lowest BCUT2D eigenvalue weighted by Crippen LogP contribution is -2.41. The van der Waals surface area contributed by atoms with Gasteiger partial charge in [-0.1, -0.05) is 6.07 Å². The Balaban J connectivity index is 1.93. The number of carbonyl (C=O) groups is 1. The largest absolute Gasteiger partial charge is 0.489 e. The molecule has 3 rings (SSSR count). The molecular weight excluding hydrogens is 258 g/mol. The Bertz CT molecular complexity index is 495. The standard InChI is InChI=1S/C15H19NO4/c17-15(18)12-4-1-5-13-14(12)20-10-7-16(13)11-3-2-8-19-9-6-11/h1,4-5,11H,2-3,6-10H2,(H,17,18). The average Bonchev–Trinajstić information content (AvgIpc) is 2.74. The summed E-state index contributed by atoms with van der Waals surface area (Å²) < 4.78 is 11.1. The predicted octanol–water partition coefficient (Wildman–Crippen LogP) is 2.15. The molecule has 0 aliphatic carbocycles. The summed E-state index contributed by atoms with van der Waals surface area (Å²) in [6.07, 6.45) is 3.11. The number of carboxylic acids is 1. The van der Waals surface area contributed by atoms with Gasteiger partial charge in [0, 0.05) is 19.3 Å². The maximum atomic E-state index is 11.3. The van der Waals surface area contributed by atoms with Crippen molar-refractivity contribution in [3.05, 3.63) is 23.8 Å². The van der Waals surface area contributed by atoms with E-state index in [2.05, 4.69) is 4.90 Å². The molecule has 1 saturated heterocycles.